The second-order valence-electron chi connectivity index (χ2n) is 8.87. The number of carbonyl (C=O) groups is 2. The van der Waals surface area contributed by atoms with Gasteiger partial charge in [-0.3, -0.25) is 9.59 Å². The van der Waals surface area contributed by atoms with E-state index in [4.69, 9.17) is 14.2 Å². The smallest absolute Gasteiger partial charge is 0.225 e. The summed E-state index contributed by atoms with van der Waals surface area (Å²) in [6.45, 7) is 5.33. The molecule has 6 heteroatoms. The van der Waals surface area contributed by atoms with Crippen LogP contribution in [0.2, 0.25) is 0 Å². The van der Waals surface area contributed by atoms with Gasteiger partial charge in [-0.25, -0.2) is 0 Å². The van der Waals surface area contributed by atoms with Crippen LogP contribution in [0.1, 0.15) is 68.9 Å². The van der Waals surface area contributed by atoms with Crippen LogP contribution in [-0.4, -0.2) is 32.0 Å². The van der Waals surface area contributed by atoms with Crippen molar-refractivity contribution in [1.29, 1.82) is 0 Å². The summed E-state index contributed by atoms with van der Waals surface area (Å²) >= 11 is 0. The number of amides is 1. The van der Waals surface area contributed by atoms with Gasteiger partial charge in [0.1, 0.15) is 5.75 Å². The Morgan fingerprint density at radius 3 is 2.35 bits per heavy atom. The first-order valence-corrected chi connectivity index (χ1v) is 12.1. The van der Waals surface area contributed by atoms with Crippen molar-refractivity contribution in [2.45, 2.75) is 57.8 Å². The number of para-hydroxylation sites is 1. The Labute approximate surface area is 201 Å². The van der Waals surface area contributed by atoms with Crippen molar-refractivity contribution in [3.8, 4) is 17.2 Å². The van der Waals surface area contributed by atoms with E-state index in [9.17, 15) is 9.59 Å². The Morgan fingerprint density at radius 1 is 0.912 bits per heavy atom. The largest absolute Gasteiger partial charge is 0.494 e. The number of hydrogen-bond donors (Lipinski definition) is 1. The highest BCUT2D eigenvalue weighted by Crippen LogP contribution is 2.46. The molecular formula is C28H33NO5. The molecule has 1 heterocycles. The van der Waals surface area contributed by atoms with Crippen LogP contribution in [0.15, 0.2) is 53.7 Å². The van der Waals surface area contributed by atoms with E-state index in [1.54, 1.807) is 7.11 Å². The first-order valence-electron chi connectivity index (χ1n) is 12.1. The number of hydrogen-bond acceptors (Lipinski definition) is 5. The molecule has 1 N–H and O–H groups in total. The zero-order valence-electron chi connectivity index (χ0n) is 20.2. The molecule has 0 fully saturated rings. The Kier molecular flexibility index (Phi) is 7.56. The van der Waals surface area contributed by atoms with Gasteiger partial charge in [-0.15, -0.1) is 0 Å². The van der Waals surface area contributed by atoms with Crippen molar-refractivity contribution < 1.29 is 23.8 Å². The van der Waals surface area contributed by atoms with Gasteiger partial charge < -0.3 is 19.5 Å². The molecule has 2 unspecified atom stereocenters. The van der Waals surface area contributed by atoms with Crippen LogP contribution in [0.25, 0.3) is 0 Å². The van der Waals surface area contributed by atoms with Gasteiger partial charge in [-0.1, -0.05) is 38.1 Å². The highest BCUT2D eigenvalue weighted by molar-refractivity contribution is 6.02. The van der Waals surface area contributed by atoms with Crippen LogP contribution < -0.4 is 19.5 Å². The average Bonchev–Trinajstić information content (AvgIpc) is 2.85. The number of rotatable bonds is 9. The normalized spacial score (nSPS) is 20.0. The van der Waals surface area contributed by atoms with Crippen LogP contribution in [0.3, 0.4) is 0 Å². The fourth-order valence-corrected chi connectivity index (χ4v) is 4.84. The molecule has 0 radical (unpaired) electrons. The molecule has 6 nitrogen and oxygen atoms in total. The van der Waals surface area contributed by atoms with Crippen molar-refractivity contribution in [3.05, 3.63) is 64.9 Å². The van der Waals surface area contributed by atoms with Crippen molar-refractivity contribution in [2.75, 3.05) is 20.3 Å². The van der Waals surface area contributed by atoms with Gasteiger partial charge in [-0.05, 0) is 48.9 Å². The lowest BCUT2D eigenvalue weighted by Gasteiger charge is -2.35. The molecule has 2 atom stereocenters. The standard InChI is InChI=1S/C28H33NO5/c1-4-13-33-20-11-9-18(10-12-20)19-15-23-27(24(30)16-19)22(17-26(31)29-23)21-7-6-8-25(32-3)28(21)34-14-5-2/h6-12,19,22H,4-5,13-17H2,1-3H3,(H,29,31). The van der Waals surface area contributed by atoms with E-state index in [0.717, 1.165) is 35.4 Å². The quantitative estimate of drug-likeness (QED) is 0.548. The van der Waals surface area contributed by atoms with Gasteiger partial charge in [-0.2, -0.15) is 0 Å². The van der Waals surface area contributed by atoms with Gasteiger partial charge in [0, 0.05) is 35.6 Å². The minimum atomic E-state index is -0.344. The average molecular weight is 464 g/mol. The monoisotopic (exact) mass is 463 g/mol. The molecule has 34 heavy (non-hydrogen) atoms. The molecule has 1 amide bonds. The summed E-state index contributed by atoms with van der Waals surface area (Å²) in [7, 11) is 1.60. The Balaban J connectivity index is 1.65. The third-order valence-electron chi connectivity index (χ3n) is 6.42. The Hall–Kier alpha value is -3.28. The molecule has 2 aromatic carbocycles. The molecule has 180 valence electrons. The van der Waals surface area contributed by atoms with Crippen molar-refractivity contribution >= 4 is 11.7 Å². The van der Waals surface area contributed by atoms with Gasteiger partial charge in [0.25, 0.3) is 0 Å². The maximum absolute atomic E-state index is 13.5. The van der Waals surface area contributed by atoms with Crippen molar-refractivity contribution in [2.24, 2.45) is 0 Å². The van der Waals surface area contributed by atoms with Crippen molar-refractivity contribution in [3.63, 3.8) is 0 Å². The lowest BCUT2D eigenvalue weighted by molar-refractivity contribution is -0.122. The molecule has 4 rings (SSSR count). The number of ether oxygens (including phenoxy) is 3. The molecule has 2 aliphatic rings. The summed E-state index contributed by atoms with van der Waals surface area (Å²) in [6, 6.07) is 13.6. The van der Waals surface area contributed by atoms with Crippen LogP contribution >= 0.6 is 0 Å². The molecule has 2 aromatic rings. The van der Waals surface area contributed by atoms with E-state index in [1.807, 2.05) is 49.4 Å². The fourth-order valence-electron chi connectivity index (χ4n) is 4.84. The Bertz CT molecular complexity index is 1070. The predicted octanol–water partition coefficient (Wildman–Crippen LogP) is 5.28. The zero-order chi connectivity index (χ0) is 24.1. The summed E-state index contributed by atoms with van der Waals surface area (Å²) in [4.78, 5) is 26.2. The topological polar surface area (TPSA) is 73.9 Å². The summed E-state index contributed by atoms with van der Waals surface area (Å²) in [5, 5.41) is 3.00. The van der Waals surface area contributed by atoms with E-state index in [-0.39, 0.29) is 29.9 Å². The maximum Gasteiger partial charge on any atom is 0.225 e. The van der Waals surface area contributed by atoms with Crippen molar-refractivity contribution in [1.82, 2.24) is 5.32 Å². The van der Waals surface area contributed by atoms with Gasteiger partial charge in [0.05, 0.1) is 20.3 Å². The van der Waals surface area contributed by atoms with E-state index >= 15 is 0 Å². The summed E-state index contributed by atoms with van der Waals surface area (Å²) in [6.07, 6.45) is 3.05. The number of nitrogens with one attached hydrogen (secondary N) is 1. The SMILES string of the molecule is CCCOc1ccc(C2CC(=O)C3=C(C2)NC(=O)CC3c2cccc(OC)c2OCCC)cc1. The summed E-state index contributed by atoms with van der Waals surface area (Å²) < 4.78 is 17.3. The lowest BCUT2D eigenvalue weighted by atomic mass is 9.73. The van der Waals surface area contributed by atoms with E-state index in [2.05, 4.69) is 12.2 Å². The molecule has 0 saturated heterocycles. The predicted molar refractivity (Wildman–Crippen MR) is 131 cm³/mol. The van der Waals surface area contributed by atoms with E-state index in [1.165, 1.54) is 0 Å². The summed E-state index contributed by atoms with van der Waals surface area (Å²) in [5.41, 5.74) is 3.35. The number of ketones is 1. The first kappa shape index (κ1) is 23.9. The molecule has 1 aliphatic heterocycles. The molecule has 0 saturated carbocycles. The minimum Gasteiger partial charge on any atom is -0.494 e. The number of allylic oxidation sites excluding steroid dienone is 2. The van der Waals surface area contributed by atoms with E-state index < -0.39 is 0 Å². The lowest BCUT2D eigenvalue weighted by Crippen LogP contribution is -2.38. The first-order chi connectivity index (χ1) is 16.5. The van der Waals surface area contributed by atoms with Crippen LogP contribution in [0, 0.1) is 0 Å². The number of carbonyl (C=O) groups excluding carboxylic acids is 2. The van der Waals surface area contributed by atoms with Crippen LogP contribution in [0.4, 0.5) is 0 Å². The molecule has 1 aliphatic carbocycles. The Morgan fingerprint density at radius 2 is 1.65 bits per heavy atom. The number of Topliss-reactive ketones (excluding diaryl/α,β-unsaturated/α-hetero) is 1. The number of benzene rings is 2. The molecule has 0 bridgehead atoms. The third kappa shape index (κ3) is 4.96. The van der Waals surface area contributed by atoms with Gasteiger partial charge in [0.15, 0.2) is 17.3 Å². The molecular weight excluding hydrogens is 430 g/mol. The third-order valence-corrected chi connectivity index (χ3v) is 6.42. The van der Waals surface area contributed by atoms with E-state index in [0.29, 0.717) is 43.1 Å². The van der Waals surface area contributed by atoms with Crippen LogP contribution in [0.5, 0.6) is 17.2 Å². The van der Waals surface area contributed by atoms with Crippen LogP contribution in [-0.2, 0) is 9.59 Å². The summed E-state index contributed by atoms with van der Waals surface area (Å²) in [5.74, 6) is 1.74. The fraction of sp³-hybridized carbons (Fsp3) is 0.429. The minimum absolute atomic E-state index is 0.0200. The second-order valence-corrected chi connectivity index (χ2v) is 8.87. The second kappa shape index (κ2) is 10.8. The highest BCUT2D eigenvalue weighted by atomic mass is 16.5. The molecule has 0 spiro atoms. The zero-order valence-corrected chi connectivity index (χ0v) is 20.2. The maximum atomic E-state index is 13.5. The van der Waals surface area contributed by atoms with Gasteiger partial charge >= 0.3 is 0 Å². The number of methoxy groups -OCH3 is 1. The molecule has 0 aromatic heterocycles. The highest BCUT2D eigenvalue weighted by Gasteiger charge is 2.39. The van der Waals surface area contributed by atoms with Gasteiger partial charge in [0.2, 0.25) is 5.91 Å².